The third kappa shape index (κ3) is 3.72. The van der Waals surface area contributed by atoms with Gasteiger partial charge in [0.05, 0.1) is 6.10 Å². The molecule has 1 aliphatic carbocycles. The largest absolute Gasteiger partial charge is 0.377 e. The van der Waals surface area contributed by atoms with E-state index >= 15 is 0 Å². The van der Waals surface area contributed by atoms with Gasteiger partial charge < -0.3 is 15.4 Å². The first-order valence-electron chi connectivity index (χ1n) is 8.67. The van der Waals surface area contributed by atoms with Crippen LogP contribution in [0, 0.1) is 11.3 Å². The van der Waals surface area contributed by atoms with Crippen molar-refractivity contribution in [3.63, 3.8) is 0 Å². The van der Waals surface area contributed by atoms with Crippen molar-refractivity contribution >= 4 is 29.9 Å². The second-order valence-electron chi connectivity index (χ2n) is 7.45. The van der Waals surface area contributed by atoms with Gasteiger partial charge in [-0.1, -0.05) is 51.1 Å². The highest BCUT2D eigenvalue weighted by atomic mass is 127. The summed E-state index contributed by atoms with van der Waals surface area (Å²) >= 11 is 0. The summed E-state index contributed by atoms with van der Waals surface area (Å²) in [5, 5.41) is 7.11. The van der Waals surface area contributed by atoms with Gasteiger partial charge in [-0.05, 0) is 17.9 Å². The lowest BCUT2D eigenvalue weighted by Gasteiger charge is -2.54. The number of benzene rings is 1. The maximum atomic E-state index is 5.87. The van der Waals surface area contributed by atoms with Crippen molar-refractivity contribution in [1.29, 1.82) is 0 Å². The molecule has 1 aromatic carbocycles. The van der Waals surface area contributed by atoms with Gasteiger partial charge in [-0.2, -0.15) is 0 Å². The molecule has 2 aliphatic rings. The molecular weight excluding hydrogens is 413 g/mol. The Balaban J connectivity index is 0.00000208. The fourth-order valence-corrected chi connectivity index (χ4v) is 4.11. The van der Waals surface area contributed by atoms with Crippen molar-refractivity contribution in [3.8, 4) is 0 Å². The van der Waals surface area contributed by atoms with Crippen molar-refractivity contribution in [2.75, 3.05) is 20.2 Å². The summed E-state index contributed by atoms with van der Waals surface area (Å²) in [6.07, 6.45) is 1.56. The second kappa shape index (κ2) is 8.04. The minimum absolute atomic E-state index is 0. The smallest absolute Gasteiger partial charge is 0.191 e. The summed E-state index contributed by atoms with van der Waals surface area (Å²) in [5.74, 6) is 1.97. The predicted molar refractivity (Wildman–Crippen MR) is 110 cm³/mol. The van der Waals surface area contributed by atoms with Crippen molar-refractivity contribution < 1.29 is 4.74 Å². The molecule has 0 amide bonds. The summed E-state index contributed by atoms with van der Waals surface area (Å²) in [6.45, 7) is 8.59. The van der Waals surface area contributed by atoms with E-state index in [9.17, 15) is 0 Å². The number of halogens is 1. The molecule has 4 nitrogen and oxygen atoms in total. The fraction of sp³-hybridized carbons (Fsp3) is 0.632. The van der Waals surface area contributed by atoms with Gasteiger partial charge in [0.25, 0.3) is 0 Å². The first-order chi connectivity index (χ1) is 11.0. The Morgan fingerprint density at radius 2 is 2.04 bits per heavy atom. The maximum Gasteiger partial charge on any atom is 0.191 e. The number of nitrogens with zero attached hydrogens (tertiary/aromatic N) is 1. The highest BCUT2D eigenvalue weighted by Gasteiger charge is 2.59. The number of guanidine groups is 1. The number of fused-ring (bicyclic) bond motifs is 1. The van der Waals surface area contributed by atoms with Crippen LogP contribution in [-0.2, 0) is 4.74 Å². The maximum absolute atomic E-state index is 5.87. The van der Waals surface area contributed by atoms with Gasteiger partial charge in [-0.3, -0.25) is 4.99 Å². The van der Waals surface area contributed by atoms with E-state index < -0.39 is 0 Å². The molecule has 4 unspecified atom stereocenters. The third-order valence-electron chi connectivity index (χ3n) is 5.56. The molecule has 0 bridgehead atoms. The highest BCUT2D eigenvalue weighted by Crippen LogP contribution is 2.52. The fourth-order valence-electron chi connectivity index (χ4n) is 4.11. The Labute approximate surface area is 162 Å². The number of hydrogen-bond acceptors (Lipinski definition) is 2. The van der Waals surface area contributed by atoms with E-state index in [0.29, 0.717) is 24.0 Å². The lowest BCUT2D eigenvalue weighted by Crippen LogP contribution is -2.68. The minimum Gasteiger partial charge on any atom is -0.377 e. The monoisotopic (exact) mass is 443 g/mol. The highest BCUT2D eigenvalue weighted by molar-refractivity contribution is 14.0. The first kappa shape index (κ1) is 19.5. The zero-order valence-corrected chi connectivity index (χ0v) is 17.4. The van der Waals surface area contributed by atoms with Crippen LogP contribution >= 0.6 is 24.0 Å². The SMILES string of the molecule is CN=C(NCC(C)c1ccccc1)NC1C2CCOC2C1(C)C.I. The number of nitrogens with one attached hydrogen (secondary N) is 2. The van der Waals surface area contributed by atoms with Crippen LogP contribution in [0.3, 0.4) is 0 Å². The van der Waals surface area contributed by atoms with Crippen LogP contribution in [0.4, 0.5) is 0 Å². The molecule has 4 atom stereocenters. The van der Waals surface area contributed by atoms with Crippen LogP contribution in [0.25, 0.3) is 0 Å². The molecule has 24 heavy (non-hydrogen) atoms. The lowest BCUT2D eigenvalue weighted by atomic mass is 9.57. The molecule has 0 radical (unpaired) electrons. The molecule has 2 fully saturated rings. The zero-order valence-electron chi connectivity index (χ0n) is 15.1. The standard InChI is InChI=1S/C19H29N3O.HI/c1-13(14-8-6-5-7-9-14)12-21-18(20-4)22-16-15-10-11-23-17(15)19(16,2)3;/h5-9,13,15-17H,10-12H2,1-4H3,(H2,20,21,22);1H. The van der Waals surface area contributed by atoms with Gasteiger partial charge >= 0.3 is 0 Å². The first-order valence-corrected chi connectivity index (χ1v) is 8.67. The van der Waals surface area contributed by atoms with Crippen molar-refractivity contribution in [1.82, 2.24) is 10.6 Å². The van der Waals surface area contributed by atoms with Gasteiger partial charge in [0.15, 0.2) is 5.96 Å². The Morgan fingerprint density at radius 3 is 2.71 bits per heavy atom. The molecule has 1 aromatic rings. The molecule has 1 heterocycles. The average molecular weight is 443 g/mol. The van der Waals surface area contributed by atoms with Crippen molar-refractivity contribution in [3.05, 3.63) is 35.9 Å². The van der Waals surface area contributed by atoms with Crippen molar-refractivity contribution in [2.24, 2.45) is 16.3 Å². The van der Waals surface area contributed by atoms with E-state index in [-0.39, 0.29) is 29.4 Å². The number of hydrogen-bond donors (Lipinski definition) is 2. The second-order valence-corrected chi connectivity index (χ2v) is 7.45. The van der Waals surface area contributed by atoms with Gasteiger partial charge in [0.1, 0.15) is 0 Å². The van der Waals surface area contributed by atoms with E-state index in [2.05, 4.69) is 66.7 Å². The Hall–Kier alpha value is -0.820. The molecule has 1 saturated heterocycles. The van der Waals surface area contributed by atoms with E-state index in [1.54, 1.807) is 0 Å². The molecule has 3 rings (SSSR count). The molecule has 0 spiro atoms. The van der Waals surface area contributed by atoms with Gasteiger partial charge in [0, 0.05) is 37.6 Å². The van der Waals surface area contributed by atoms with Crippen LogP contribution < -0.4 is 10.6 Å². The quantitative estimate of drug-likeness (QED) is 0.426. The molecule has 1 saturated carbocycles. The van der Waals surface area contributed by atoms with Crippen LogP contribution in [0.5, 0.6) is 0 Å². The Bertz CT molecular complexity index is 561. The summed E-state index contributed by atoms with van der Waals surface area (Å²) in [7, 11) is 1.84. The summed E-state index contributed by atoms with van der Waals surface area (Å²) < 4.78 is 5.87. The number of rotatable bonds is 4. The van der Waals surface area contributed by atoms with E-state index in [1.807, 2.05) is 7.05 Å². The number of ether oxygens (including phenoxy) is 1. The molecular formula is C19H30IN3O. The summed E-state index contributed by atoms with van der Waals surface area (Å²) in [6, 6.07) is 11.0. The molecule has 0 aromatic heterocycles. The van der Waals surface area contributed by atoms with Gasteiger partial charge in [0.2, 0.25) is 0 Å². The van der Waals surface area contributed by atoms with Gasteiger partial charge in [-0.25, -0.2) is 0 Å². The predicted octanol–water partition coefficient (Wildman–Crippen LogP) is 3.39. The number of aliphatic imine (C=N–C) groups is 1. The topological polar surface area (TPSA) is 45.7 Å². The summed E-state index contributed by atoms with van der Waals surface area (Å²) in [4.78, 5) is 4.41. The van der Waals surface area contributed by atoms with Crippen LogP contribution in [0.15, 0.2) is 35.3 Å². The minimum atomic E-state index is 0. The molecule has 134 valence electrons. The molecule has 2 N–H and O–H groups in total. The lowest BCUT2D eigenvalue weighted by molar-refractivity contribution is -0.106. The average Bonchev–Trinajstić information content (AvgIpc) is 3.02. The van der Waals surface area contributed by atoms with E-state index in [0.717, 1.165) is 25.5 Å². The Kier molecular flexibility index (Phi) is 6.53. The summed E-state index contributed by atoms with van der Waals surface area (Å²) in [5.41, 5.74) is 1.52. The van der Waals surface area contributed by atoms with E-state index in [4.69, 9.17) is 4.74 Å². The van der Waals surface area contributed by atoms with E-state index in [1.165, 1.54) is 5.56 Å². The van der Waals surface area contributed by atoms with Crippen molar-refractivity contribution in [2.45, 2.75) is 45.3 Å². The molecule has 5 heteroatoms. The van der Waals surface area contributed by atoms with Crippen LogP contribution in [-0.4, -0.2) is 38.3 Å². The van der Waals surface area contributed by atoms with Crippen LogP contribution in [0.2, 0.25) is 0 Å². The van der Waals surface area contributed by atoms with Crippen LogP contribution in [0.1, 0.15) is 38.7 Å². The Morgan fingerprint density at radius 1 is 1.33 bits per heavy atom. The third-order valence-corrected chi connectivity index (χ3v) is 5.56. The molecule has 1 aliphatic heterocycles. The zero-order chi connectivity index (χ0) is 16.4. The van der Waals surface area contributed by atoms with Gasteiger partial charge in [-0.15, -0.1) is 24.0 Å². The normalized spacial score (nSPS) is 29.0.